The highest BCUT2D eigenvalue weighted by atomic mass is 35.5. The number of amides is 1. The minimum Gasteiger partial charge on any atom is -0.497 e. The number of rotatable bonds is 9. The molecule has 0 fully saturated rings. The van der Waals surface area contributed by atoms with Gasteiger partial charge in [-0.25, -0.2) is 0 Å². The largest absolute Gasteiger partial charge is 0.497 e. The van der Waals surface area contributed by atoms with Crippen LogP contribution in [0.1, 0.15) is 17.0 Å². The van der Waals surface area contributed by atoms with Gasteiger partial charge in [0, 0.05) is 16.9 Å². The summed E-state index contributed by atoms with van der Waals surface area (Å²) in [6.45, 7) is 0.170. The summed E-state index contributed by atoms with van der Waals surface area (Å²) in [4.78, 5) is 12.4. The first kappa shape index (κ1) is 24.9. The molecule has 35 heavy (non-hydrogen) atoms. The second-order valence-corrected chi connectivity index (χ2v) is 9.22. The summed E-state index contributed by atoms with van der Waals surface area (Å²) >= 11 is 14.1. The fourth-order valence-corrected chi connectivity index (χ4v) is 4.68. The molecule has 1 N–H and O–H groups in total. The molecular weight excluding hydrogens is 503 g/mol. The summed E-state index contributed by atoms with van der Waals surface area (Å²) in [5, 5.41) is 13.2. The highest BCUT2D eigenvalue weighted by molar-refractivity contribution is 7.98. The second-order valence-electron chi connectivity index (χ2n) is 7.43. The Bertz CT molecular complexity index is 1340. The van der Waals surface area contributed by atoms with Gasteiger partial charge in [-0.1, -0.05) is 77.4 Å². The topological polar surface area (TPSA) is 69.0 Å². The molecule has 4 rings (SSSR count). The Morgan fingerprint density at radius 2 is 1.89 bits per heavy atom. The average molecular weight is 525 g/mol. The molecule has 0 unspecified atom stereocenters. The Balaban J connectivity index is 1.55. The maximum absolute atomic E-state index is 12.4. The van der Waals surface area contributed by atoms with E-state index in [0.717, 1.165) is 16.9 Å². The lowest BCUT2D eigenvalue weighted by Crippen LogP contribution is -2.22. The van der Waals surface area contributed by atoms with Crippen LogP contribution in [0.5, 0.6) is 5.75 Å². The van der Waals surface area contributed by atoms with Gasteiger partial charge in [-0.2, -0.15) is 0 Å². The summed E-state index contributed by atoms with van der Waals surface area (Å²) in [6.07, 6.45) is 3.25. The molecule has 0 aliphatic rings. The molecule has 0 radical (unpaired) electrons. The van der Waals surface area contributed by atoms with Crippen LogP contribution in [0.4, 0.5) is 0 Å². The molecule has 0 aliphatic heterocycles. The average Bonchev–Trinajstić information content (AvgIpc) is 3.28. The number of nitrogens with one attached hydrogen (secondary N) is 1. The molecule has 9 heteroatoms. The Morgan fingerprint density at radius 3 is 2.66 bits per heavy atom. The van der Waals surface area contributed by atoms with Gasteiger partial charge in [0.15, 0.2) is 11.0 Å². The summed E-state index contributed by atoms with van der Waals surface area (Å²) < 4.78 is 7.15. The van der Waals surface area contributed by atoms with E-state index in [1.807, 2.05) is 65.2 Å². The number of carbonyl (C=O) groups is 1. The molecular formula is C26H22Cl2N4O2S. The van der Waals surface area contributed by atoms with Crippen molar-refractivity contribution < 1.29 is 9.53 Å². The van der Waals surface area contributed by atoms with Gasteiger partial charge >= 0.3 is 0 Å². The molecule has 178 valence electrons. The molecule has 4 aromatic rings. The van der Waals surface area contributed by atoms with Gasteiger partial charge in [-0.3, -0.25) is 9.36 Å². The zero-order chi connectivity index (χ0) is 24.6. The van der Waals surface area contributed by atoms with Crippen molar-refractivity contribution in [3.63, 3.8) is 0 Å². The third-order valence-electron chi connectivity index (χ3n) is 5.00. The van der Waals surface area contributed by atoms with E-state index in [4.69, 9.17) is 27.9 Å². The predicted molar refractivity (Wildman–Crippen MR) is 141 cm³/mol. The van der Waals surface area contributed by atoms with Gasteiger partial charge in [0.05, 0.1) is 24.4 Å². The van der Waals surface area contributed by atoms with E-state index in [0.29, 0.717) is 32.5 Å². The van der Waals surface area contributed by atoms with Gasteiger partial charge in [0.2, 0.25) is 5.91 Å². The fourth-order valence-electron chi connectivity index (χ4n) is 3.28. The Morgan fingerprint density at radius 1 is 1.06 bits per heavy atom. The number of aromatic nitrogens is 3. The Hall–Kier alpha value is -3.26. The van der Waals surface area contributed by atoms with E-state index >= 15 is 0 Å². The molecule has 0 bridgehead atoms. The third-order valence-corrected chi connectivity index (χ3v) is 6.54. The van der Waals surface area contributed by atoms with Crippen LogP contribution in [0, 0.1) is 0 Å². The first-order valence-corrected chi connectivity index (χ1v) is 12.4. The quantitative estimate of drug-likeness (QED) is 0.208. The molecule has 3 aromatic carbocycles. The van der Waals surface area contributed by atoms with E-state index in [1.165, 1.54) is 17.8 Å². The highest BCUT2D eigenvalue weighted by Gasteiger charge is 2.17. The molecule has 0 spiro atoms. The van der Waals surface area contributed by atoms with Crippen molar-refractivity contribution >= 4 is 46.9 Å². The lowest BCUT2D eigenvalue weighted by Gasteiger charge is -2.12. The van der Waals surface area contributed by atoms with Crippen LogP contribution in [0.3, 0.4) is 0 Å². The van der Waals surface area contributed by atoms with Gasteiger partial charge in [0.25, 0.3) is 0 Å². The Kier molecular flexibility index (Phi) is 8.47. The van der Waals surface area contributed by atoms with Gasteiger partial charge in [-0.05, 0) is 47.5 Å². The van der Waals surface area contributed by atoms with Crippen molar-refractivity contribution in [2.45, 2.75) is 17.5 Å². The smallest absolute Gasteiger partial charge is 0.244 e. The number of ether oxygens (including phenoxy) is 1. The minimum absolute atomic E-state index is 0.170. The van der Waals surface area contributed by atoms with E-state index in [2.05, 4.69) is 15.5 Å². The molecule has 1 amide bonds. The van der Waals surface area contributed by atoms with Crippen molar-refractivity contribution in [3.05, 3.63) is 106 Å². The second kappa shape index (κ2) is 11.9. The molecule has 0 saturated heterocycles. The van der Waals surface area contributed by atoms with Crippen molar-refractivity contribution in [1.82, 2.24) is 20.1 Å². The number of carbonyl (C=O) groups excluding carboxylic acids is 1. The van der Waals surface area contributed by atoms with Gasteiger partial charge < -0.3 is 10.1 Å². The van der Waals surface area contributed by atoms with E-state index < -0.39 is 0 Å². The normalized spacial score (nSPS) is 11.1. The summed E-state index contributed by atoms with van der Waals surface area (Å²) in [6, 6.07) is 22.7. The molecule has 0 atom stereocenters. The Labute approximate surface area is 217 Å². The van der Waals surface area contributed by atoms with Gasteiger partial charge in [-0.15, -0.1) is 10.2 Å². The molecule has 1 heterocycles. The van der Waals surface area contributed by atoms with Crippen LogP contribution in [0.15, 0.2) is 84.0 Å². The number of hydrogen-bond acceptors (Lipinski definition) is 5. The number of hydrogen-bond donors (Lipinski definition) is 1. The van der Waals surface area contributed by atoms with Crippen LogP contribution in [0.2, 0.25) is 10.0 Å². The van der Waals surface area contributed by atoms with Crippen LogP contribution in [0.25, 0.3) is 11.8 Å². The number of benzene rings is 3. The van der Waals surface area contributed by atoms with Crippen LogP contribution in [-0.2, 0) is 17.1 Å². The number of methoxy groups -OCH3 is 1. The number of nitrogens with zero attached hydrogens (tertiary/aromatic N) is 3. The van der Waals surface area contributed by atoms with Crippen molar-refractivity contribution in [3.8, 4) is 11.4 Å². The predicted octanol–water partition coefficient (Wildman–Crippen LogP) is 6.20. The van der Waals surface area contributed by atoms with Crippen molar-refractivity contribution in [2.75, 3.05) is 7.11 Å². The summed E-state index contributed by atoms with van der Waals surface area (Å²) in [5.74, 6) is 1.74. The van der Waals surface area contributed by atoms with E-state index in [-0.39, 0.29) is 12.5 Å². The molecule has 0 aliphatic carbocycles. The van der Waals surface area contributed by atoms with Crippen LogP contribution in [-0.4, -0.2) is 27.8 Å². The number of halogens is 2. The lowest BCUT2D eigenvalue weighted by molar-refractivity contribution is -0.116. The number of thioether (sulfide) groups is 1. The monoisotopic (exact) mass is 524 g/mol. The van der Waals surface area contributed by atoms with Gasteiger partial charge in [0.1, 0.15) is 5.75 Å². The zero-order valence-electron chi connectivity index (χ0n) is 18.8. The van der Waals surface area contributed by atoms with E-state index in [9.17, 15) is 4.79 Å². The highest BCUT2D eigenvalue weighted by Crippen LogP contribution is 2.31. The van der Waals surface area contributed by atoms with Crippen molar-refractivity contribution in [1.29, 1.82) is 0 Å². The minimum atomic E-state index is -0.240. The molecule has 0 saturated carbocycles. The van der Waals surface area contributed by atoms with E-state index in [1.54, 1.807) is 25.3 Å². The van der Waals surface area contributed by atoms with Crippen LogP contribution >= 0.6 is 35.0 Å². The molecule has 1 aromatic heterocycles. The standard InChI is InChI=1S/C26H22Cl2N4O2S/c1-34-21-9-5-8-19(14-21)17-35-26-31-30-24(32(26)23-12-11-20(27)15-22(23)28)16-29-25(33)13-10-18-6-3-2-4-7-18/h2-15H,16-17H2,1H3,(H,29,33)/b13-10+. The summed E-state index contributed by atoms with van der Waals surface area (Å²) in [7, 11) is 1.64. The lowest BCUT2D eigenvalue weighted by atomic mass is 10.2. The third kappa shape index (κ3) is 6.66. The molecule has 6 nitrogen and oxygen atoms in total. The summed E-state index contributed by atoms with van der Waals surface area (Å²) in [5.41, 5.74) is 2.69. The first-order valence-electron chi connectivity index (χ1n) is 10.7. The van der Waals surface area contributed by atoms with Crippen LogP contribution < -0.4 is 10.1 Å². The fraction of sp³-hybridized carbons (Fsp3) is 0.115. The zero-order valence-corrected chi connectivity index (χ0v) is 21.1. The maximum Gasteiger partial charge on any atom is 0.244 e. The van der Waals surface area contributed by atoms with Crippen molar-refractivity contribution in [2.24, 2.45) is 0 Å². The SMILES string of the molecule is COc1cccc(CSc2nnc(CNC(=O)/C=C/c3ccccc3)n2-c2ccc(Cl)cc2Cl)c1. The first-order chi connectivity index (χ1) is 17.0. The maximum atomic E-state index is 12.4.